The molecule has 2 aliphatic heterocycles. The minimum atomic E-state index is -0.875. The maximum atomic E-state index is 13.5. The van der Waals surface area contributed by atoms with Crippen LogP contribution in [0.3, 0.4) is 0 Å². The topological polar surface area (TPSA) is 176 Å². The molecule has 0 aliphatic carbocycles. The number of β-lactam (4-membered cyclic amide) rings is 1. The van der Waals surface area contributed by atoms with E-state index in [4.69, 9.17) is 10.3 Å². The minimum Gasteiger partial charge on any atom is -0.456 e. The van der Waals surface area contributed by atoms with E-state index in [0.29, 0.717) is 23.4 Å². The van der Waals surface area contributed by atoms with Gasteiger partial charge >= 0.3 is 5.97 Å². The fourth-order valence-corrected chi connectivity index (χ4v) is 7.17. The zero-order chi connectivity index (χ0) is 27.8. The number of non-ortho nitro benzene ring substituents is 1. The molecule has 5 rings (SSSR count). The van der Waals surface area contributed by atoms with Crippen LogP contribution in [-0.4, -0.2) is 60.6 Å². The van der Waals surface area contributed by atoms with Gasteiger partial charge in [-0.25, -0.2) is 9.78 Å². The number of amides is 1. The third-order valence-electron chi connectivity index (χ3n) is 6.82. The predicted molar refractivity (Wildman–Crippen MR) is 143 cm³/mol. The van der Waals surface area contributed by atoms with Gasteiger partial charge in [-0.05, 0) is 30.2 Å². The molecule has 2 aliphatic rings. The molecule has 1 aromatic carbocycles. The van der Waals surface area contributed by atoms with Gasteiger partial charge in [-0.2, -0.15) is 0 Å². The van der Waals surface area contributed by atoms with Crippen LogP contribution < -0.4 is 0 Å². The molecule has 4 heterocycles. The van der Waals surface area contributed by atoms with Gasteiger partial charge < -0.3 is 14.7 Å². The molecule has 2 aromatic heterocycles. The van der Waals surface area contributed by atoms with Gasteiger partial charge in [0.2, 0.25) is 5.91 Å². The Morgan fingerprint density at radius 2 is 2.15 bits per heavy atom. The van der Waals surface area contributed by atoms with Crippen molar-refractivity contribution in [3.8, 4) is 0 Å². The first kappa shape index (κ1) is 26.7. The number of azide groups is 1. The summed E-state index contributed by atoms with van der Waals surface area (Å²) in [7, 11) is 0. The number of nitro groups is 1. The number of esters is 1. The number of fused-ring (bicyclic) bond motifs is 2. The highest BCUT2D eigenvalue weighted by Crippen LogP contribution is 2.52. The van der Waals surface area contributed by atoms with Crippen molar-refractivity contribution in [3.05, 3.63) is 73.5 Å². The standard InChI is InChI=1S/C24H23N7O6S2/c1-12-17(16-9-29-11-26-21(23(29)39-16)38-8-7-27-28-25)20(30-19(12)18(13(2)32)22(30)33)24(34)37-10-14-3-5-15(6-4-14)31(35)36/h3-6,9,11-13,18-19,32H,7-8,10H2,1-2H3/t12-,13+,18+,19+/m0/s1. The Morgan fingerprint density at radius 1 is 1.41 bits per heavy atom. The first-order valence-corrected chi connectivity index (χ1v) is 13.8. The van der Waals surface area contributed by atoms with E-state index >= 15 is 0 Å². The lowest BCUT2D eigenvalue weighted by molar-refractivity contribution is -0.384. The molecule has 0 bridgehead atoms. The summed E-state index contributed by atoms with van der Waals surface area (Å²) in [5.74, 6) is -1.34. The number of nitro benzene ring substituents is 1. The van der Waals surface area contributed by atoms with Gasteiger partial charge in [0, 0.05) is 47.0 Å². The van der Waals surface area contributed by atoms with Gasteiger partial charge in [-0.3, -0.25) is 19.3 Å². The fourth-order valence-electron chi connectivity index (χ4n) is 5.04. The second-order valence-electron chi connectivity index (χ2n) is 9.18. The van der Waals surface area contributed by atoms with Crippen molar-refractivity contribution in [2.75, 3.05) is 12.3 Å². The highest BCUT2D eigenvalue weighted by molar-refractivity contribution is 7.99. The molecule has 15 heteroatoms. The molecule has 4 atom stereocenters. The van der Waals surface area contributed by atoms with Gasteiger partial charge in [0.1, 0.15) is 28.5 Å². The van der Waals surface area contributed by atoms with E-state index in [2.05, 4.69) is 15.0 Å². The smallest absolute Gasteiger partial charge is 0.355 e. The second-order valence-corrected chi connectivity index (χ2v) is 11.3. The molecule has 1 N–H and O–H groups in total. The lowest BCUT2D eigenvalue weighted by Gasteiger charge is -2.46. The molecule has 202 valence electrons. The predicted octanol–water partition coefficient (Wildman–Crippen LogP) is 4.02. The van der Waals surface area contributed by atoms with E-state index in [1.165, 1.54) is 52.3 Å². The van der Waals surface area contributed by atoms with Crippen molar-refractivity contribution in [2.45, 2.75) is 37.6 Å². The third-order valence-corrected chi connectivity index (χ3v) is 9.05. The average Bonchev–Trinajstić information content (AvgIpc) is 3.55. The largest absolute Gasteiger partial charge is 0.456 e. The van der Waals surface area contributed by atoms with Gasteiger partial charge in [0.25, 0.3) is 5.69 Å². The number of rotatable bonds is 10. The van der Waals surface area contributed by atoms with E-state index in [9.17, 15) is 24.8 Å². The number of carbonyl (C=O) groups excluding carboxylic acids is 2. The van der Waals surface area contributed by atoms with Gasteiger partial charge in [-0.15, -0.1) is 23.1 Å². The van der Waals surface area contributed by atoms with Gasteiger partial charge in [0.05, 0.1) is 27.9 Å². The molecule has 1 fully saturated rings. The fraction of sp³-hybridized carbons (Fsp3) is 0.375. The number of thioether (sulfide) groups is 1. The van der Waals surface area contributed by atoms with Crippen LogP contribution >= 0.6 is 23.1 Å². The van der Waals surface area contributed by atoms with E-state index in [1.807, 2.05) is 17.5 Å². The number of thiazole rings is 1. The maximum absolute atomic E-state index is 13.5. The summed E-state index contributed by atoms with van der Waals surface area (Å²) in [6.07, 6.45) is 2.64. The van der Waals surface area contributed by atoms with Crippen LogP contribution in [0.15, 0.2) is 52.6 Å². The number of hydrogen-bond donors (Lipinski definition) is 1. The monoisotopic (exact) mass is 569 g/mol. The first-order valence-electron chi connectivity index (χ1n) is 12.0. The summed E-state index contributed by atoms with van der Waals surface area (Å²) in [6.45, 7) is 3.69. The average molecular weight is 570 g/mol. The summed E-state index contributed by atoms with van der Waals surface area (Å²) in [5.41, 5.74) is 9.78. The number of ether oxygens (including phenoxy) is 1. The van der Waals surface area contributed by atoms with E-state index in [0.717, 1.165) is 14.7 Å². The number of benzene rings is 1. The van der Waals surface area contributed by atoms with Crippen molar-refractivity contribution in [2.24, 2.45) is 17.0 Å². The molecule has 0 saturated carbocycles. The molecular formula is C24H23N7O6S2. The van der Waals surface area contributed by atoms with Crippen molar-refractivity contribution in [3.63, 3.8) is 0 Å². The van der Waals surface area contributed by atoms with Crippen molar-refractivity contribution in [1.82, 2.24) is 14.3 Å². The van der Waals surface area contributed by atoms with E-state index < -0.39 is 22.9 Å². The molecule has 39 heavy (non-hydrogen) atoms. The highest BCUT2D eigenvalue weighted by Gasteiger charge is 2.60. The molecule has 0 unspecified atom stereocenters. The zero-order valence-electron chi connectivity index (χ0n) is 20.8. The number of aromatic nitrogens is 2. The summed E-state index contributed by atoms with van der Waals surface area (Å²) in [4.78, 5) is 47.1. The number of hydrogen-bond acceptors (Lipinski definition) is 10. The normalized spacial score (nSPS) is 20.9. The molecule has 1 saturated heterocycles. The Bertz CT molecular complexity index is 1540. The third kappa shape index (κ3) is 4.74. The van der Waals surface area contributed by atoms with Gasteiger partial charge in [0.15, 0.2) is 0 Å². The summed E-state index contributed by atoms with van der Waals surface area (Å²) < 4.78 is 7.43. The Hall–Kier alpha value is -3.91. The Kier molecular flexibility index (Phi) is 7.32. The van der Waals surface area contributed by atoms with Gasteiger partial charge in [-0.1, -0.05) is 12.0 Å². The summed E-state index contributed by atoms with van der Waals surface area (Å²) in [6, 6.07) is 5.30. The Morgan fingerprint density at radius 3 is 2.82 bits per heavy atom. The van der Waals surface area contributed by atoms with Crippen LogP contribution in [0.1, 0.15) is 24.3 Å². The lowest BCUT2D eigenvalue weighted by atomic mass is 9.77. The Balaban J connectivity index is 1.46. The van der Waals surface area contributed by atoms with Crippen LogP contribution in [-0.2, 0) is 20.9 Å². The van der Waals surface area contributed by atoms with E-state index in [1.54, 1.807) is 13.3 Å². The lowest BCUT2D eigenvalue weighted by Crippen LogP contribution is -2.63. The molecule has 0 radical (unpaired) electrons. The maximum Gasteiger partial charge on any atom is 0.355 e. The van der Waals surface area contributed by atoms with E-state index in [-0.39, 0.29) is 35.9 Å². The number of carbonyl (C=O) groups is 2. The number of nitrogens with zero attached hydrogens (tertiary/aromatic N) is 7. The number of imidazole rings is 1. The van der Waals surface area contributed by atoms with Crippen LogP contribution in [0.5, 0.6) is 0 Å². The quantitative estimate of drug-likeness (QED) is 0.0438. The van der Waals surface area contributed by atoms with Crippen LogP contribution in [0.2, 0.25) is 0 Å². The summed E-state index contributed by atoms with van der Waals surface area (Å²) in [5, 5.41) is 25.5. The number of aliphatic hydroxyl groups excluding tert-OH is 1. The Labute approximate surface area is 229 Å². The SMILES string of the molecule is C[C@@H](O)[C@H]1C(=O)N2C(C(=O)OCc3ccc([N+](=O)[O-])cc3)=C(c3cn4cnc(SCCN=[N+]=[N-])c4s3)[C@H](C)[C@H]12. The zero-order valence-corrected chi connectivity index (χ0v) is 22.5. The van der Waals surface area contributed by atoms with Crippen LogP contribution in [0, 0.1) is 22.0 Å². The first-order chi connectivity index (χ1) is 18.7. The molecule has 0 spiro atoms. The van der Waals surface area contributed by atoms with Crippen molar-refractivity contribution in [1.29, 1.82) is 0 Å². The van der Waals surface area contributed by atoms with Crippen LogP contribution in [0.4, 0.5) is 5.69 Å². The van der Waals surface area contributed by atoms with Crippen molar-refractivity contribution < 1.29 is 24.4 Å². The minimum absolute atomic E-state index is 0.0724. The molecule has 1 amide bonds. The number of aliphatic hydroxyl groups is 1. The van der Waals surface area contributed by atoms with Crippen LogP contribution in [0.25, 0.3) is 20.8 Å². The molecule has 3 aromatic rings. The summed E-state index contributed by atoms with van der Waals surface area (Å²) >= 11 is 2.88. The molecule has 13 nitrogen and oxygen atoms in total. The molecular weight excluding hydrogens is 546 g/mol. The highest BCUT2D eigenvalue weighted by atomic mass is 32.2. The second kappa shape index (κ2) is 10.7. The van der Waals surface area contributed by atoms with Crippen molar-refractivity contribution >= 4 is 51.1 Å².